The number of carbonyl (C=O) groups excluding carboxylic acids is 1. The summed E-state index contributed by atoms with van der Waals surface area (Å²) in [6, 6.07) is 10.4. The van der Waals surface area contributed by atoms with Crippen molar-refractivity contribution in [3.63, 3.8) is 0 Å². The third kappa shape index (κ3) is 5.76. The molecular formula is C16H27Cl2N3O. The van der Waals surface area contributed by atoms with Gasteiger partial charge in [-0.3, -0.25) is 9.69 Å². The number of amides is 1. The molecule has 0 radical (unpaired) electrons. The van der Waals surface area contributed by atoms with Gasteiger partial charge in [-0.15, -0.1) is 24.8 Å². The first-order valence-electron chi connectivity index (χ1n) is 7.36. The number of likely N-dealkylation sites (tertiary alicyclic amines) is 1. The molecule has 1 amide bonds. The van der Waals surface area contributed by atoms with Gasteiger partial charge in [0.05, 0.1) is 6.04 Å². The molecule has 126 valence electrons. The van der Waals surface area contributed by atoms with Gasteiger partial charge in [-0.25, -0.2) is 0 Å². The zero-order valence-electron chi connectivity index (χ0n) is 13.3. The molecule has 22 heavy (non-hydrogen) atoms. The Morgan fingerprint density at radius 2 is 2.00 bits per heavy atom. The van der Waals surface area contributed by atoms with E-state index in [1.54, 1.807) is 6.92 Å². The number of rotatable bonds is 4. The smallest absolute Gasteiger partial charge is 0.239 e. The van der Waals surface area contributed by atoms with Gasteiger partial charge >= 0.3 is 0 Å². The van der Waals surface area contributed by atoms with Crippen molar-refractivity contribution in [3.05, 3.63) is 35.9 Å². The predicted molar refractivity (Wildman–Crippen MR) is 95.7 cm³/mol. The first-order chi connectivity index (χ1) is 9.58. The molecular weight excluding hydrogens is 321 g/mol. The van der Waals surface area contributed by atoms with Crippen molar-refractivity contribution in [2.45, 2.75) is 38.4 Å². The molecule has 1 aliphatic heterocycles. The molecule has 2 rings (SSSR count). The number of benzene rings is 1. The number of hydrogen-bond donors (Lipinski definition) is 1. The van der Waals surface area contributed by atoms with Crippen LogP contribution in [0.25, 0.3) is 0 Å². The van der Waals surface area contributed by atoms with E-state index in [0.29, 0.717) is 0 Å². The Labute approximate surface area is 145 Å². The van der Waals surface area contributed by atoms with Crippen LogP contribution in [0, 0.1) is 0 Å². The summed E-state index contributed by atoms with van der Waals surface area (Å²) in [5, 5.41) is 0. The first kappa shape index (κ1) is 21.2. The van der Waals surface area contributed by atoms with E-state index in [1.165, 1.54) is 5.56 Å². The van der Waals surface area contributed by atoms with Crippen molar-refractivity contribution in [1.29, 1.82) is 0 Å². The summed E-state index contributed by atoms with van der Waals surface area (Å²) >= 11 is 0. The monoisotopic (exact) mass is 347 g/mol. The number of nitrogens with two attached hydrogens (primary N) is 1. The molecule has 0 bridgehead atoms. The summed E-state index contributed by atoms with van der Waals surface area (Å²) in [7, 11) is 1.88. The lowest BCUT2D eigenvalue weighted by molar-refractivity contribution is -0.134. The Kier molecular flexibility index (Phi) is 9.69. The van der Waals surface area contributed by atoms with Crippen LogP contribution in [0.5, 0.6) is 0 Å². The first-order valence-corrected chi connectivity index (χ1v) is 7.36. The third-order valence-corrected chi connectivity index (χ3v) is 4.01. The number of likely N-dealkylation sites (N-methyl/N-ethyl adjacent to an activating group) is 1. The van der Waals surface area contributed by atoms with Crippen LogP contribution < -0.4 is 5.73 Å². The second kappa shape index (κ2) is 10.1. The molecule has 2 N–H and O–H groups in total. The van der Waals surface area contributed by atoms with Gasteiger partial charge in [-0.05, 0) is 31.9 Å². The SMILES string of the molecule is C[C@H](N)C(=O)N(C)C1CCCN(Cc2ccccc2)C1.Cl.Cl. The van der Waals surface area contributed by atoms with E-state index in [1.807, 2.05) is 18.0 Å². The van der Waals surface area contributed by atoms with E-state index >= 15 is 0 Å². The second-order valence-electron chi connectivity index (χ2n) is 5.75. The number of carbonyl (C=O) groups is 1. The Hall–Kier alpha value is -0.810. The van der Waals surface area contributed by atoms with Gasteiger partial charge in [0.25, 0.3) is 0 Å². The highest BCUT2D eigenvalue weighted by molar-refractivity contribution is 5.85. The molecule has 1 saturated heterocycles. The summed E-state index contributed by atoms with van der Waals surface area (Å²) in [6.45, 7) is 4.75. The Bertz CT molecular complexity index is 442. The molecule has 1 aromatic rings. The molecule has 0 aromatic heterocycles. The highest BCUT2D eigenvalue weighted by Crippen LogP contribution is 2.17. The molecule has 6 heteroatoms. The van der Waals surface area contributed by atoms with E-state index in [4.69, 9.17) is 5.73 Å². The lowest BCUT2D eigenvalue weighted by atomic mass is 10.0. The molecule has 4 nitrogen and oxygen atoms in total. The van der Waals surface area contributed by atoms with Crippen LogP contribution in [0.4, 0.5) is 0 Å². The maximum atomic E-state index is 12.0. The van der Waals surface area contributed by atoms with Gasteiger partial charge in [0, 0.05) is 26.2 Å². The molecule has 0 spiro atoms. The van der Waals surface area contributed by atoms with Crippen molar-refractivity contribution in [2.75, 3.05) is 20.1 Å². The topological polar surface area (TPSA) is 49.6 Å². The molecule has 2 atom stereocenters. The van der Waals surface area contributed by atoms with Crippen LogP contribution in [-0.4, -0.2) is 47.9 Å². The summed E-state index contributed by atoms with van der Waals surface area (Å²) in [6.07, 6.45) is 2.20. The van der Waals surface area contributed by atoms with Crippen LogP contribution in [0.2, 0.25) is 0 Å². The normalized spacial score (nSPS) is 19.5. The van der Waals surface area contributed by atoms with Gasteiger partial charge in [0.1, 0.15) is 0 Å². The molecule has 0 aliphatic carbocycles. The third-order valence-electron chi connectivity index (χ3n) is 4.01. The lowest BCUT2D eigenvalue weighted by Crippen LogP contribution is -2.51. The van der Waals surface area contributed by atoms with Crippen LogP contribution in [-0.2, 0) is 11.3 Å². The minimum absolute atomic E-state index is 0. The second-order valence-corrected chi connectivity index (χ2v) is 5.75. The Balaban J connectivity index is 0.00000220. The molecule has 1 fully saturated rings. The van der Waals surface area contributed by atoms with E-state index in [2.05, 4.69) is 29.2 Å². The van der Waals surface area contributed by atoms with E-state index in [0.717, 1.165) is 32.5 Å². The molecule has 0 saturated carbocycles. The van der Waals surface area contributed by atoms with Gasteiger partial charge in [-0.1, -0.05) is 30.3 Å². The molecule has 1 aromatic carbocycles. The summed E-state index contributed by atoms with van der Waals surface area (Å²) in [5.74, 6) is 0.0385. The van der Waals surface area contributed by atoms with Crippen LogP contribution in [0.3, 0.4) is 0 Å². The van der Waals surface area contributed by atoms with Crippen molar-refractivity contribution in [2.24, 2.45) is 5.73 Å². The van der Waals surface area contributed by atoms with Crippen molar-refractivity contribution < 1.29 is 4.79 Å². The maximum absolute atomic E-state index is 12.0. The zero-order chi connectivity index (χ0) is 14.5. The maximum Gasteiger partial charge on any atom is 0.239 e. The molecule has 1 heterocycles. The van der Waals surface area contributed by atoms with Gasteiger partial charge < -0.3 is 10.6 Å². The number of nitrogens with zero attached hydrogens (tertiary/aromatic N) is 2. The number of hydrogen-bond acceptors (Lipinski definition) is 3. The predicted octanol–water partition coefficient (Wildman–Crippen LogP) is 2.30. The van der Waals surface area contributed by atoms with Crippen molar-refractivity contribution in [1.82, 2.24) is 9.80 Å². The molecule has 1 aliphatic rings. The minimum atomic E-state index is -0.413. The standard InChI is InChI=1S/C16H25N3O.2ClH/c1-13(17)16(20)18(2)15-9-6-10-19(12-15)11-14-7-4-3-5-8-14;;/h3-5,7-8,13,15H,6,9-12,17H2,1-2H3;2*1H/t13-,15?;;/m0../s1. The number of piperidine rings is 1. The highest BCUT2D eigenvalue weighted by Gasteiger charge is 2.27. The van der Waals surface area contributed by atoms with E-state index < -0.39 is 6.04 Å². The highest BCUT2D eigenvalue weighted by atomic mass is 35.5. The summed E-state index contributed by atoms with van der Waals surface area (Å²) in [5.41, 5.74) is 7.02. The Morgan fingerprint density at radius 3 is 2.59 bits per heavy atom. The van der Waals surface area contributed by atoms with Gasteiger partial charge in [0.2, 0.25) is 5.91 Å². The quantitative estimate of drug-likeness (QED) is 0.908. The average molecular weight is 348 g/mol. The van der Waals surface area contributed by atoms with Gasteiger partial charge in [0.15, 0.2) is 0 Å². The average Bonchev–Trinajstić information content (AvgIpc) is 2.47. The van der Waals surface area contributed by atoms with Crippen LogP contribution in [0.1, 0.15) is 25.3 Å². The Morgan fingerprint density at radius 1 is 1.36 bits per heavy atom. The van der Waals surface area contributed by atoms with Crippen molar-refractivity contribution >= 4 is 30.7 Å². The zero-order valence-corrected chi connectivity index (χ0v) is 14.9. The van der Waals surface area contributed by atoms with Crippen LogP contribution >= 0.6 is 24.8 Å². The fourth-order valence-corrected chi connectivity index (χ4v) is 2.83. The van der Waals surface area contributed by atoms with E-state index in [9.17, 15) is 4.79 Å². The van der Waals surface area contributed by atoms with Gasteiger partial charge in [-0.2, -0.15) is 0 Å². The largest absolute Gasteiger partial charge is 0.340 e. The van der Waals surface area contributed by atoms with Crippen molar-refractivity contribution in [3.8, 4) is 0 Å². The lowest BCUT2D eigenvalue weighted by Gasteiger charge is -2.38. The summed E-state index contributed by atoms with van der Waals surface area (Å²) < 4.78 is 0. The fourth-order valence-electron chi connectivity index (χ4n) is 2.83. The van der Waals surface area contributed by atoms with Crippen LogP contribution in [0.15, 0.2) is 30.3 Å². The number of halogens is 2. The fraction of sp³-hybridized carbons (Fsp3) is 0.562. The minimum Gasteiger partial charge on any atom is -0.340 e. The summed E-state index contributed by atoms with van der Waals surface area (Å²) in [4.78, 5) is 16.2. The van der Waals surface area contributed by atoms with E-state index in [-0.39, 0.29) is 36.8 Å². The molecule has 1 unspecified atom stereocenters.